The van der Waals surface area contributed by atoms with E-state index in [0.717, 1.165) is 68.0 Å². The van der Waals surface area contributed by atoms with Gasteiger partial charge < -0.3 is 19.9 Å². The van der Waals surface area contributed by atoms with Crippen LogP contribution in [-0.2, 0) is 28.9 Å². The fourth-order valence-electron chi connectivity index (χ4n) is 2.88. The Morgan fingerprint density at radius 2 is 1.82 bits per heavy atom. The Labute approximate surface area is 169 Å². The SMILES string of the molecule is CCc1noc(CC)c1CNC(=NC)NCCCCCCC(=O)OC(C)(C)C. The zero-order chi connectivity index (χ0) is 21.0. The monoisotopic (exact) mass is 394 g/mol. The number of aryl methyl sites for hydroxylation is 2. The number of ether oxygens (including phenoxy) is 1. The van der Waals surface area contributed by atoms with Gasteiger partial charge in [0.05, 0.1) is 5.69 Å². The molecule has 0 aromatic carbocycles. The first kappa shape index (κ1) is 24.0. The van der Waals surface area contributed by atoms with Gasteiger partial charge in [0.25, 0.3) is 0 Å². The Balaban J connectivity index is 2.21. The number of nitrogens with one attached hydrogen (secondary N) is 2. The minimum absolute atomic E-state index is 0.109. The van der Waals surface area contributed by atoms with Crippen molar-refractivity contribution in [3.05, 3.63) is 17.0 Å². The van der Waals surface area contributed by atoms with Gasteiger partial charge in [-0.3, -0.25) is 9.79 Å². The standard InChI is InChI=1S/C21H38N4O3/c1-7-17-16(18(8-2)28-25-17)15-24-20(22-6)23-14-12-10-9-11-13-19(26)27-21(3,4)5/h7-15H2,1-6H3,(H2,22,23,24). The highest BCUT2D eigenvalue weighted by atomic mass is 16.6. The second kappa shape index (κ2) is 12.4. The molecule has 1 heterocycles. The zero-order valence-corrected chi connectivity index (χ0v) is 18.5. The van der Waals surface area contributed by atoms with E-state index in [1.54, 1.807) is 7.05 Å². The van der Waals surface area contributed by atoms with Crippen molar-refractivity contribution < 1.29 is 14.1 Å². The number of hydrogen-bond acceptors (Lipinski definition) is 5. The third kappa shape index (κ3) is 9.24. The molecule has 0 atom stereocenters. The molecule has 0 bridgehead atoms. The number of aliphatic imine (C=N–C) groups is 1. The van der Waals surface area contributed by atoms with Crippen LogP contribution < -0.4 is 10.6 Å². The Hall–Kier alpha value is -2.05. The van der Waals surface area contributed by atoms with Crippen molar-refractivity contribution in [3.63, 3.8) is 0 Å². The van der Waals surface area contributed by atoms with E-state index in [4.69, 9.17) is 9.26 Å². The molecule has 0 fully saturated rings. The highest BCUT2D eigenvalue weighted by Gasteiger charge is 2.15. The van der Waals surface area contributed by atoms with Crippen molar-refractivity contribution in [2.24, 2.45) is 4.99 Å². The van der Waals surface area contributed by atoms with Gasteiger partial charge in [-0.2, -0.15) is 0 Å². The van der Waals surface area contributed by atoms with Gasteiger partial charge in [-0.25, -0.2) is 0 Å². The quantitative estimate of drug-likeness (QED) is 0.257. The first-order chi connectivity index (χ1) is 13.3. The Bertz CT molecular complexity index is 596. The van der Waals surface area contributed by atoms with Crippen molar-refractivity contribution in [2.75, 3.05) is 13.6 Å². The molecule has 0 spiro atoms. The van der Waals surface area contributed by atoms with Crippen LogP contribution in [0, 0.1) is 0 Å². The molecule has 0 saturated carbocycles. The lowest BCUT2D eigenvalue weighted by Crippen LogP contribution is -2.37. The molecule has 0 amide bonds. The Morgan fingerprint density at radius 3 is 2.43 bits per heavy atom. The van der Waals surface area contributed by atoms with Crippen LogP contribution >= 0.6 is 0 Å². The lowest BCUT2D eigenvalue weighted by molar-refractivity contribution is -0.154. The van der Waals surface area contributed by atoms with Crippen LogP contribution in [0.25, 0.3) is 0 Å². The molecule has 1 rings (SSSR count). The van der Waals surface area contributed by atoms with Gasteiger partial charge in [0.2, 0.25) is 0 Å². The third-order valence-electron chi connectivity index (χ3n) is 4.28. The first-order valence-corrected chi connectivity index (χ1v) is 10.4. The number of hydrogen-bond donors (Lipinski definition) is 2. The van der Waals surface area contributed by atoms with Crippen molar-refractivity contribution in [3.8, 4) is 0 Å². The van der Waals surface area contributed by atoms with Gasteiger partial charge in [-0.05, 0) is 40.0 Å². The van der Waals surface area contributed by atoms with Crippen LogP contribution in [-0.4, -0.2) is 36.3 Å². The van der Waals surface area contributed by atoms with Gasteiger partial charge in [0.15, 0.2) is 5.96 Å². The van der Waals surface area contributed by atoms with Crippen LogP contribution in [0.4, 0.5) is 0 Å². The van der Waals surface area contributed by atoms with Crippen molar-refractivity contribution in [2.45, 2.75) is 91.7 Å². The summed E-state index contributed by atoms with van der Waals surface area (Å²) in [6, 6.07) is 0. The predicted molar refractivity (Wildman–Crippen MR) is 112 cm³/mol. The first-order valence-electron chi connectivity index (χ1n) is 10.4. The molecule has 0 unspecified atom stereocenters. The van der Waals surface area contributed by atoms with Crippen molar-refractivity contribution >= 4 is 11.9 Å². The molecule has 0 aliphatic rings. The Kier molecular flexibility index (Phi) is 10.6. The van der Waals surface area contributed by atoms with E-state index in [1.165, 1.54) is 0 Å². The summed E-state index contributed by atoms with van der Waals surface area (Å²) in [4.78, 5) is 15.9. The number of unbranched alkanes of at least 4 members (excludes halogenated alkanes) is 3. The minimum Gasteiger partial charge on any atom is -0.460 e. The lowest BCUT2D eigenvalue weighted by Gasteiger charge is -2.19. The van der Waals surface area contributed by atoms with Gasteiger partial charge in [0.1, 0.15) is 11.4 Å². The molecule has 1 aromatic heterocycles. The van der Waals surface area contributed by atoms with Gasteiger partial charge in [-0.15, -0.1) is 0 Å². The van der Waals surface area contributed by atoms with Gasteiger partial charge in [0, 0.05) is 38.5 Å². The van der Waals surface area contributed by atoms with Crippen LogP contribution in [0.1, 0.15) is 83.7 Å². The van der Waals surface area contributed by atoms with E-state index < -0.39 is 5.60 Å². The number of carbonyl (C=O) groups is 1. The topological polar surface area (TPSA) is 88.8 Å². The van der Waals surface area contributed by atoms with Crippen LogP contribution in [0.15, 0.2) is 9.52 Å². The van der Waals surface area contributed by atoms with E-state index in [2.05, 4.69) is 34.6 Å². The summed E-state index contributed by atoms with van der Waals surface area (Å²) in [5.74, 6) is 1.60. The van der Waals surface area contributed by atoms with Crippen molar-refractivity contribution in [1.29, 1.82) is 0 Å². The normalized spacial score (nSPS) is 12.1. The molecular weight excluding hydrogens is 356 g/mol. The highest BCUT2D eigenvalue weighted by Crippen LogP contribution is 2.15. The fraction of sp³-hybridized carbons (Fsp3) is 0.762. The Morgan fingerprint density at radius 1 is 1.11 bits per heavy atom. The maximum Gasteiger partial charge on any atom is 0.306 e. The second-order valence-electron chi connectivity index (χ2n) is 7.84. The highest BCUT2D eigenvalue weighted by molar-refractivity contribution is 5.79. The average Bonchev–Trinajstić information content (AvgIpc) is 3.03. The molecular formula is C21H38N4O3. The molecule has 7 nitrogen and oxygen atoms in total. The number of carbonyl (C=O) groups excluding carboxylic acids is 1. The van der Waals surface area contributed by atoms with E-state index in [-0.39, 0.29) is 5.97 Å². The maximum absolute atomic E-state index is 11.7. The molecule has 7 heteroatoms. The molecule has 28 heavy (non-hydrogen) atoms. The number of guanidine groups is 1. The number of esters is 1. The molecule has 2 N–H and O–H groups in total. The summed E-state index contributed by atoms with van der Waals surface area (Å²) in [6.45, 7) is 11.3. The van der Waals surface area contributed by atoms with Gasteiger partial charge >= 0.3 is 5.97 Å². The zero-order valence-electron chi connectivity index (χ0n) is 18.5. The number of aromatic nitrogens is 1. The van der Waals surface area contributed by atoms with E-state index in [0.29, 0.717) is 13.0 Å². The number of rotatable bonds is 11. The van der Waals surface area contributed by atoms with Crippen LogP contribution in [0.2, 0.25) is 0 Å². The summed E-state index contributed by atoms with van der Waals surface area (Å²) >= 11 is 0. The average molecular weight is 395 g/mol. The van der Waals surface area contributed by atoms with E-state index in [1.807, 2.05) is 20.8 Å². The van der Waals surface area contributed by atoms with Gasteiger partial charge in [-0.1, -0.05) is 31.8 Å². The molecule has 160 valence electrons. The summed E-state index contributed by atoms with van der Waals surface area (Å²) in [5, 5.41) is 10.8. The molecule has 0 aliphatic heterocycles. The summed E-state index contributed by atoms with van der Waals surface area (Å²) in [6.07, 6.45) is 6.17. The fourth-order valence-corrected chi connectivity index (χ4v) is 2.88. The van der Waals surface area contributed by atoms with Crippen LogP contribution in [0.3, 0.4) is 0 Å². The summed E-state index contributed by atoms with van der Waals surface area (Å²) < 4.78 is 10.7. The van der Waals surface area contributed by atoms with Crippen molar-refractivity contribution in [1.82, 2.24) is 15.8 Å². The molecule has 0 radical (unpaired) electrons. The summed E-state index contributed by atoms with van der Waals surface area (Å²) in [7, 11) is 1.77. The summed E-state index contributed by atoms with van der Waals surface area (Å²) in [5.41, 5.74) is 1.74. The predicted octanol–water partition coefficient (Wildman–Crippen LogP) is 3.76. The van der Waals surface area contributed by atoms with E-state index >= 15 is 0 Å². The minimum atomic E-state index is -0.397. The lowest BCUT2D eigenvalue weighted by atomic mass is 10.1. The van der Waals surface area contributed by atoms with E-state index in [9.17, 15) is 4.79 Å². The molecule has 0 saturated heterocycles. The largest absolute Gasteiger partial charge is 0.460 e. The smallest absolute Gasteiger partial charge is 0.306 e. The van der Waals surface area contributed by atoms with Crippen LogP contribution in [0.5, 0.6) is 0 Å². The molecule has 1 aromatic rings. The second-order valence-corrected chi connectivity index (χ2v) is 7.84. The maximum atomic E-state index is 11.7. The molecule has 0 aliphatic carbocycles. The number of nitrogens with zero attached hydrogens (tertiary/aromatic N) is 2. The third-order valence-corrected chi connectivity index (χ3v) is 4.28.